The Hall–Kier alpha value is -1.06. The molecule has 1 rings (SSSR count). The van der Waals surface area contributed by atoms with Gasteiger partial charge in [-0.3, -0.25) is 0 Å². The number of benzene rings is 1. The second kappa shape index (κ2) is 6.40. The molecule has 1 aromatic carbocycles. The minimum atomic E-state index is -0.0784. The van der Waals surface area contributed by atoms with Gasteiger partial charge in [0.15, 0.2) is 0 Å². The predicted octanol–water partition coefficient (Wildman–Crippen LogP) is 2.87. The van der Waals surface area contributed by atoms with Crippen LogP contribution in [-0.2, 0) is 6.54 Å². The number of aliphatic hydroxyl groups excluding tert-OH is 1. The van der Waals surface area contributed by atoms with Crippen LogP contribution in [0.25, 0.3) is 0 Å². The van der Waals surface area contributed by atoms with Gasteiger partial charge in [0.25, 0.3) is 0 Å². The van der Waals surface area contributed by atoms with Crippen LogP contribution in [0.3, 0.4) is 0 Å². The summed E-state index contributed by atoms with van der Waals surface area (Å²) in [6.45, 7) is 11.5. The van der Waals surface area contributed by atoms with Crippen LogP contribution in [0.15, 0.2) is 6.07 Å². The summed E-state index contributed by atoms with van der Waals surface area (Å²) in [6.07, 6.45) is 0.735. The fourth-order valence-corrected chi connectivity index (χ4v) is 2.30. The van der Waals surface area contributed by atoms with Crippen LogP contribution >= 0.6 is 0 Å². The molecule has 0 aliphatic rings. The molecule has 0 unspecified atom stereocenters. The average Bonchev–Trinajstić information content (AvgIpc) is 2.31. The first-order valence-corrected chi connectivity index (χ1v) is 6.82. The molecule has 0 saturated heterocycles. The molecule has 0 aliphatic carbocycles. The third-order valence-electron chi connectivity index (χ3n) is 3.80. The molecule has 0 saturated carbocycles. The fraction of sp³-hybridized carbons (Fsp3) is 0.625. The van der Waals surface area contributed by atoms with Crippen molar-refractivity contribution in [3.8, 4) is 5.75 Å². The first kappa shape index (κ1) is 16.0. The van der Waals surface area contributed by atoms with Crippen LogP contribution in [-0.4, -0.2) is 24.4 Å². The van der Waals surface area contributed by atoms with E-state index in [-0.39, 0.29) is 12.1 Å². The highest BCUT2D eigenvalue weighted by Gasteiger charge is 2.18. The zero-order valence-electron chi connectivity index (χ0n) is 13.1. The molecule has 3 heteroatoms. The normalized spacial score (nSPS) is 11.7. The lowest BCUT2D eigenvalue weighted by atomic mass is 9.96. The second-order valence-corrected chi connectivity index (χ2v) is 5.86. The number of methoxy groups -OCH3 is 1. The molecule has 0 fully saturated rings. The molecule has 0 aromatic heterocycles. The minimum Gasteiger partial charge on any atom is -0.496 e. The summed E-state index contributed by atoms with van der Waals surface area (Å²) in [5.74, 6) is 0.977. The van der Waals surface area contributed by atoms with Gasteiger partial charge in [0, 0.05) is 24.3 Å². The minimum absolute atomic E-state index is 0.0784. The third-order valence-corrected chi connectivity index (χ3v) is 3.80. The second-order valence-electron chi connectivity index (χ2n) is 5.86. The van der Waals surface area contributed by atoms with E-state index in [2.05, 4.69) is 46.0 Å². The van der Waals surface area contributed by atoms with Crippen LogP contribution < -0.4 is 10.1 Å². The van der Waals surface area contributed by atoms with Gasteiger partial charge in [0.2, 0.25) is 0 Å². The number of rotatable bonds is 6. The predicted molar refractivity (Wildman–Crippen MR) is 79.8 cm³/mol. The van der Waals surface area contributed by atoms with Crippen LogP contribution in [0.1, 0.15) is 42.5 Å². The van der Waals surface area contributed by atoms with E-state index in [1.807, 2.05) is 0 Å². The lowest BCUT2D eigenvalue weighted by Crippen LogP contribution is -2.39. The van der Waals surface area contributed by atoms with Gasteiger partial charge in [0.05, 0.1) is 7.11 Å². The topological polar surface area (TPSA) is 41.5 Å². The lowest BCUT2D eigenvalue weighted by Gasteiger charge is -2.27. The quantitative estimate of drug-likeness (QED) is 0.831. The Morgan fingerprint density at radius 2 is 1.84 bits per heavy atom. The highest BCUT2D eigenvalue weighted by atomic mass is 16.5. The standard InChI is InChI=1S/C16H27NO2/c1-11-9-12(2)14(15(19-6)13(11)3)10-17-16(4,5)7-8-18/h9,17-18H,7-8,10H2,1-6H3. The van der Waals surface area contributed by atoms with E-state index < -0.39 is 0 Å². The highest BCUT2D eigenvalue weighted by molar-refractivity contribution is 5.49. The summed E-state index contributed by atoms with van der Waals surface area (Å²) in [5, 5.41) is 12.6. The van der Waals surface area contributed by atoms with Gasteiger partial charge < -0.3 is 15.2 Å². The molecule has 0 atom stereocenters. The zero-order valence-corrected chi connectivity index (χ0v) is 13.1. The SMILES string of the molecule is COc1c(C)c(C)cc(C)c1CNC(C)(C)CCO. The van der Waals surface area contributed by atoms with E-state index in [0.29, 0.717) is 0 Å². The molecule has 108 valence electrons. The van der Waals surface area contributed by atoms with Gasteiger partial charge in [0.1, 0.15) is 5.75 Å². The van der Waals surface area contributed by atoms with E-state index in [4.69, 9.17) is 9.84 Å². The number of nitrogens with one attached hydrogen (secondary N) is 1. The van der Waals surface area contributed by atoms with Crippen molar-refractivity contribution < 1.29 is 9.84 Å². The van der Waals surface area contributed by atoms with E-state index in [0.717, 1.165) is 18.7 Å². The number of hydrogen-bond acceptors (Lipinski definition) is 3. The zero-order chi connectivity index (χ0) is 14.6. The first-order valence-electron chi connectivity index (χ1n) is 6.82. The Balaban J connectivity index is 2.98. The molecule has 0 heterocycles. The van der Waals surface area contributed by atoms with Crippen LogP contribution in [0.4, 0.5) is 0 Å². The van der Waals surface area contributed by atoms with Crippen molar-refractivity contribution in [1.82, 2.24) is 5.32 Å². The van der Waals surface area contributed by atoms with Crippen molar-refractivity contribution in [2.24, 2.45) is 0 Å². The molecule has 0 bridgehead atoms. The Labute approximate surface area is 117 Å². The monoisotopic (exact) mass is 265 g/mol. The molecular weight excluding hydrogens is 238 g/mol. The molecule has 1 aromatic rings. The molecule has 0 amide bonds. The molecule has 0 radical (unpaired) electrons. The van der Waals surface area contributed by atoms with E-state index in [1.165, 1.54) is 22.3 Å². The van der Waals surface area contributed by atoms with E-state index in [1.54, 1.807) is 7.11 Å². The smallest absolute Gasteiger partial charge is 0.126 e. The van der Waals surface area contributed by atoms with Crippen LogP contribution in [0.5, 0.6) is 5.75 Å². The molecule has 0 spiro atoms. The number of hydrogen-bond donors (Lipinski definition) is 2. The molecule has 0 aliphatic heterocycles. The maximum atomic E-state index is 9.07. The van der Waals surface area contributed by atoms with E-state index >= 15 is 0 Å². The Morgan fingerprint density at radius 1 is 1.21 bits per heavy atom. The van der Waals surface area contributed by atoms with Crippen molar-refractivity contribution in [1.29, 1.82) is 0 Å². The fourth-order valence-electron chi connectivity index (χ4n) is 2.30. The van der Waals surface area contributed by atoms with Crippen LogP contribution in [0.2, 0.25) is 0 Å². The number of ether oxygens (including phenoxy) is 1. The van der Waals surface area contributed by atoms with Gasteiger partial charge in [-0.1, -0.05) is 6.07 Å². The summed E-state index contributed by atoms with van der Waals surface area (Å²) < 4.78 is 5.57. The van der Waals surface area contributed by atoms with Gasteiger partial charge in [-0.05, 0) is 57.7 Å². The average molecular weight is 265 g/mol. The molecule has 19 heavy (non-hydrogen) atoms. The third kappa shape index (κ3) is 3.95. The van der Waals surface area contributed by atoms with Crippen molar-refractivity contribution in [3.05, 3.63) is 28.3 Å². The van der Waals surface area contributed by atoms with Gasteiger partial charge in [-0.15, -0.1) is 0 Å². The summed E-state index contributed by atoms with van der Waals surface area (Å²) in [7, 11) is 1.73. The maximum Gasteiger partial charge on any atom is 0.126 e. The van der Waals surface area contributed by atoms with Crippen LogP contribution in [0, 0.1) is 20.8 Å². The molecule has 3 nitrogen and oxygen atoms in total. The van der Waals surface area contributed by atoms with Gasteiger partial charge in [-0.25, -0.2) is 0 Å². The molecule has 2 N–H and O–H groups in total. The Bertz CT molecular complexity index is 439. The highest BCUT2D eigenvalue weighted by Crippen LogP contribution is 2.29. The van der Waals surface area contributed by atoms with Crippen molar-refractivity contribution in [2.75, 3.05) is 13.7 Å². The van der Waals surface area contributed by atoms with Crippen molar-refractivity contribution in [2.45, 2.75) is 53.1 Å². The lowest BCUT2D eigenvalue weighted by molar-refractivity contribution is 0.229. The number of aliphatic hydroxyl groups is 1. The Kier molecular flexibility index (Phi) is 5.39. The Morgan fingerprint density at radius 3 is 2.37 bits per heavy atom. The van der Waals surface area contributed by atoms with Gasteiger partial charge in [-0.2, -0.15) is 0 Å². The summed E-state index contributed by atoms with van der Waals surface area (Å²) in [4.78, 5) is 0. The van der Waals surface area contributed by atoms with Crippen molar-refractivity contribution in [3.63, 3.8) is 0 Å². The first-order chi connectivity index (χ1) is 8.82. The summed E-state index contributed by atoms with van der Waals surface area (Å²) in [6, 6.07) is 2.20. The maximum absolute atomic E-state index is 9.07. The molecular formula is C16H27NO2. The summed E-state index contributed by atoms with van der Waals surface area (Å²) in [5.41, 5.74) is 4.83. The largest absolute Gasteiger partial charge is 0.496 e. The number of aryl methyl sites for hydroxylation is 2. The summed E-state index contributed by atoms with van der Waals surface area (Å²) >= 11 is 0. The van der Waals surface area contributed by atoms with Crippen molar-refractivity contribution >= 4 is 0 Å². The van der Waals surface area contributed by atoms with E-state index in [9.17, 15) is 0 Å². The van der Waals surface area contributed by atoms with Gasteiger partial charge >= 0.3 is 0 Å².